The quantitative estimate of drug-likeness (QED) is 0.827. The van der Waals surface area contributed by atoms with Crippen molar-refractivity contribution in [1.82, 2.24) is 0 Å². The lowest BCUT2D eigenvalue weighted by molar-refractivity contribution is -0.116. The molecule has 1 rings (SSSR count). The van der Waals surface area contributed by atoms with Crippen molar-refractivity contribution in [2.75, 3.05) is 0 Å². The zero-order chi connectivity index (χ0) is 11.6. The SMILES string of the molecule is CC(=O)Cc1ccc(S(N)(=O)=O)cc1F. The van der Waals surface area contributed by atoms with Gasteiger partial charge in [-0.3, -0.25) is 4.79 Å². The molecule has 1 aromatic rings. The van der Waals surface area contributed by atoms with Crippen LogP contribution in [0.15, 0.2) is 23.1 Å². The van der Waals surface area contributed by atoms with Crippen molar-refractivity contribution in [3.8, 4) is 0 Å². The summed E-state index contributed by atoms with van der Waals surface area (Å²) < 4.78 is 35.0. The van der Waals surface area contributed by atoms with E-state index >= 15 is 0 Å². The van der Waals surface area contributed by atoms with Crippen molar-refractivity contribution in [1.29, 1.82) is 0 Å². The summed E-state index contributed by atoms with van der Waals surface area (Å²) in [6.45, 7) is 1.33. The molecule has 0 aliphatic rings. The summed E-state index contributed by atoms with van der Waals surface area (Å²) in [6.07, 6.45) is -0.0588. The second-order valence-corrected chi connectivity index (χ2v) is 4.74. The summed E-state index contributed by atoms with van der Waals surface area (Å²) in [5.74, 6) is -0.936. The molecule has 0 unspecified atom stereocenters. The number of ketones is 1. The Kier molecular flexibility index (Phi) is 3.21. The van der Waals surface area contributed by atoms with E-state index < -0.39 is 15.8 Å². The van der Waals surface area contributed by atoms with E-state index in [-0.39, 0.29) is 22.7 Å². The van der Waals surface area contributed by atoms with E-state index in [1.165, 1.54) is 19.1 Å². The maximum Gasteiger partial charge on any atom is 0.238 e. The van der Waals surface area contributed by atoms with E-state index in [0.717, 1.165) is 6.07 Å². The lowest BCUT2D eigenvalue weighted by Gasteiger charge is -2.02. The summed E-state index contributed by atoms with van der Waals surface area (Å²) in [7, 11) is -3.90. The fourth-order valence-electron chi connectivity index (χ4n) is 1.12. The van der Waals surface area contributed by atoms with Crippen LogP contribution in [0, 0.1) is 5.82 Å². The van der Waals surface area contributed by atoms with Crippen LogP contribution in [0.5, 0.6) is 0 Å². The monoisotopic (exact) mass is 231 g/mol. The number of benzene rings is 1. The number of carbonyl (C=O) groups excluding carboxylic acids is 1. The fourth-order valence-corrected chi connectivity index (χ4v) is 1.64. The van der Waals surface area contributed by atoms with Crippen molar-refractivity contribution >= 4 is 15.8 Å². The number of hydrogen-bond donors (Lipinski definition) is 1. The molecule has 0 aromatic heterocycles. The number of rotatable bonds is 3. The zero-order valence-electron chi connectivity index (χ0n) is 8.03. The maximum atomic E-state index is 13.3. The minimum absolute atomic E-state index is 0.0588. The summed E-state index contributed by atoms with van der Waals surface area (Å²) in [5.41, 5.74) is 0.162. The van der Waals surface area contributed by atoms with Gasteiger partial charge in [0.15, 0.2) is 0 Å². The predicted octanol–water partition coefficient (Wildman–Crippen LogP) is 0.605. The van der Waals surface area contributed by atoms with Crippen molar-refractivity contribution in [2.24, 2.45) is 5.14 Å². The number of Topliss-reactive ketones (excluding diaryl/α,β-unsaturated/α-hetero) is 1. The Morgan fingerprint density at radius 1 is 1.47 bits per heavy atom. The number of carbonyl (C=O) groups is 1. The first-order valence-corrected chi connectivity index (χ1v) is 5.66. The van der Waals surface area contributed by atoms with Gasteiger partial charge in [0.25, 0.3) is 0 Å². The average molecular weight is 231 g/mol. The molecule has 0 bridgehead atoms. The smallest absolute Gasteiger partial charge is 0.238 e. The lowest BCUT2D eigenvalue weighted by Crippen LogP contribution is -2.13. The second kappa shape index (κ2) is 4.08. The molecule has 0 spiro atoms. The first kappa shape index (κ1) is 11.8. The maximum absolute atomic E-state index is 13.3. The normalized spacial score (nSPS) is 11.4. The van der Waals surface area contributed by atoms with Crippen LogP contribution >= 0.6 is 0 Å². The molecule has 0 amide bonds. The lowest BCUT2D eigenvalue weighted by atomic mass is 10.1. The molecule has 2 N–H and O–H groups in total. The fraction of sp³-hybridized carbons (Fsp3) is 0.222. The largest absolute Gasteiger partial charge is 0.300 e. The number of halogens is 1. The minimum atomic E-state index is -3.90. The van der Waals surface area contributed by atoms with E-state index in [9.17, 15) is 17.6 Å². The van der Waals surface area contributed by atoms with Gasteiger partial charge in [0.2, 0.25) is 10.0 Å². The van der Waals surface area contributed by atoms with Crippen LogP contribution in [-0.2, 0) is 21.2 Å². The van der Waals surface area contributed by atoms with Crippen LogP contribution in [-0.4, -0.2) is 14.2 Å². The van der Waals surface area contributed by atoms with Gasteiger partial charge in [-0.2, -0.15) is 0 Å². The van der Waals surface area contributed by atoms with E-state index in [0.29, 0.717) is 0 Å². The minimum Gasteiger partial charge on any atom is -0.300 e. The summed E-state index contributed by atoms with van der Waals surface area (Å²) >= 11 is 0. The van der Waals surface area contributed by atoms with E-state index in [4.69, 9.17) is 5.14 Å². The molecule has 1 aromatic carbocycles. The van der Waals surface area contributed by atoms with Gasteiger partial charge in [-0.1, -0.05) is 6.07 Å². The molecule has 0 atom stereocenters. The molecular formula is C9H10FNO3S. The topological polar surface area (TPSA) is 77.2 Å². The number of nitrogens with two attached hydrogens (primary N) is 1. The van der Waals surface area contributed by atoms with Crippen LogP contribution in [0.25, 0.3) is 0 Å². The van der Waals surface area contributed by atoms with Crippen molar-refractivity contribution < 1.29 is 17.6 Å². The van der Waals surface area contributed by atoms with Gasteiger partial charge in [-0.05, 0) is 24.6 Å². The Balaban J connectivity index is 3.15. The van der Waals surface area contributed by atoms with Gasteiger partial charge in [-0.15, -0.1) is 0 Å². The number of hydrogen-bond acceptors (Lipinski definition) is 3. The Labute approximate surface area is 87.0 Å². The van der Waals surface area contributed by atoms with Gasteiger partial charge >= 0.3 is 0 Å². The van der Waals surface area contributed by atoms with Gasteiger partial charge < -0.3 is 0 Å². The van der Waals surface area contributed by atoms with Crippen LogP contribution in [0.1, 0.15) is 12.5 Å². The first-order valence-electron chi connectivity index (χ1n) is 4.11. The number of primary sulfonamides is 1. The highest BCUT2D eigenvalue weighted by molar-refractivity contribution is 7.89. The van der Waals surface area contributed by atoms with Gasteiger partial charge in [0.1, 0.15) is 11.6 Å². The molecule has 0 saturated carbocycles. The predicted molar refractivity (Wildman–Crippen MR) is 52.2 cm³/mol. The summed E-state index contributed by atoms with van der Waals surface area (Å²) in [5, 5.41) is 4.82. The van der Waals surface area contributed by atoms with Crippen LogP contribution in [0.4, 0.5) is 4.39 Å². The van der Waals surface area contributed by atoms with Crippen LogP contribution in [0.3, 0.4) is 0 Å². The number of sulfonamides is 1. The summed E-state index contributed by atoms with van der Waals surface area (Å²) in [4.78, 5) is 10.4. The average Bonchev–Trinajstić information content (AvgIpc) is 2.05. The molecule has 0 heterocycles. The first-order chi connectivity index (χ1) is 6.80. The molecule has 6 heteroatoms. The molecular weight excluding hydrogens is 221 g/mol. The highest BCUT2D eigenvalue weighted by Gasteiger charge is 2.12. The van der Waals surface area contributed by atoms with Crippen molar-refractivity contribution in [3.05, 3.63) is 29.6 Å². The third kappa shape index (κ3) is 3.10. The molecule has 0 saturated heterocycles. The Morgan fingerprint density at radius 3 is 2.47 bits per heavy atom. The standard InChI is InChI=1S/C9H10FNO3S/c1-6(12)4-7-2-3-8(5-9(7)10)15(11,13)14/h2-3,5H,4H2,1H3,(H2,11,13,14). The van der Waals surface area contributed by atoms with Gasteiger partial charge in [0, 0.05) is 6.42 Å². The Bertz CT molecular complexity index is 496. The van der Waals surface area contributed by atoms with Gasteiger partial charge in [0.05, 0.1) is 4.90 Å². The molecule has 0 aliphatic heterocycles. The summed E-state index contributed by atoms with van der Waals surface area (Å²) in [6, 6.07) is 3.24. The molecule has 0 fully saturated rings. The van der Waals surface area contributed by atoms with Crippen LogP contribution < -0.4 is 5.14 Å². The van der Waals surface area contributed by atoms with Crippen LogP contribution in [0.2, 0.25) is 0 Å². The zero-order valence-corrected chi connectivity index (χ0v) is 8.84. The molecule has 4 nitrogen and oxygen atoms in total. The molecule has 82 valence electrons. The van der Waals surface area contributed by atoms with E-state index in [1.54, 1.807) is 0 Å². The molecule has 15 heavy (non-hydrogen) atoms. The Hall–Kier alpha value is -1.27. The van der Waals surface area contributed by atoms with E-state index in [2.05, 4.69) is 0 Å². The second-order valence-electron chi connectivity index (χ2n) is 3.18. The van der Waals surface area contributed by atoms with Crippen molar-refractivity contribution in [3.63, 3.8) is 0 Å². The third-order valence-electron chi connectivity index (χ3n) is 1.79. The van der Waals surface area contributed by atoms with Gasteiger partial charge in [-0.25, -0.2) is 17.9 Å². The highest BCUT2D eigenvalue weighted by Crippen LogP contribution is 2.14. The molecule has 0 radical (unpaired) electrons. The van der Waals surface area contributed by atoms with Crippen molar-refractivity contribution in [2.45, 2.75) is 18.2 Å². The highest BCUT2D eigenvalue weighted by atomic mass is 32.2. The molecule has 0 aliphatic carbocycles. The third-order valence-corrected chi connectivity index (χ3v) is 2.70. The Morgan fingerprint density at radius 2 is 2.07 bits per heavy atom. The van der Waals surface area contributed by atoms with E-state index in [1.807, 2.05) is 0 Å².